The molecule has 130 valence electrons. The third kappa shape index (κ3) is 6.39. The first-order valence-corrected chi connectivity index (χ1v) is 8.21. The predicted molar refractivity (Wildman–Crippen MR) is 98.4 cm³/mol. The van der Waals surface area contributed by atoms with Crippen LogP contribution >= 0.6 is 11.6 Å². The Labute approximate surface area is 151 Å². The van der Waals surface area contributed by atoms with E-state index in [0.717, 1.165) is 11.3 Å². The van der Waals surface area contributed by atoms with E-state index in [1.165, 1.54) is 0 Å². The molecule has 25 heavy (non-hydrogen) atoms. The number of benzene rings is 2. The third-order valence-electron chi connectivity index (χ3n) is 3.49. The number of rotatable bonds is 8. The molecular weight excluding hydrogens is 340 g/mol. The van der Waals surface area contributed by atoms with Crippen LogP contribution in [0.25, 0.3) is 0 Å². The molecule has 1 amide bonds. The van der Waals surface area contributed by atoms with Crippen molar-refractivity contribution in [3.05, 3.63) is 64.7 Å². The summed E-state index contributed by atoms with van der Waals surface area (Å²) in [6, 6.07) is 14.0. The van der Waals surface area contributed by atoms with Crippen LogP contribution in [0.2, 0.25) is 5.02 Å². The number of carbonyl (C=O) groups is 2. The zero-order valence-corrected chi connectivity index (χ0v) is 14.6. The van der Waals surface area contributed by atoms with E-state index in [0.29, 0.717) is 23.4 Å². The highest BCUT2D eigenvalue weighted by Crippen LogP contribution is 2.12. The van der Waals surface area contributed by atoms with Crippen molar-refractivity contribution in [2.24, 2.45) is 5.10 Å². The Bertz CT molecular complexity index is 740. The molecule has 6 heteroatoms. The van der Waals surface area contributed by atoms with Crippen molar-refractivity contribution in [1.82, 2.24) is 5.43 Å². The number of methoxy groups -OCH3 is 1. The Morgan fingerprint density at radius 1 is 1.08 bits per heavy atom. The fraction of sp³-hybridized carbons (Fsp3) is 0.211. The molecule has 1 N–H and O–H groups in total. The fourth-order valence-electron chi connectivity index (χ4n) is 2.11. The van der Waals surface area contributed by atoms with Crippen molar-refractivity contribution in [1.29, 1.82) is 0 Å². The molecular formula is C19H19ClN2O3. The molecule has 0 aliphatic carbocycles. The van der Waals surface area contributed by atoms with E-state index in [2.05, 4.69) is 10.5 Å². The van der Waals surface area contributed by atoms with Crippen molar-refractivity contribution in [2.75, 3.05) is 7.11 Å². The average molecular weight is 359 g/mol. The van der Waals surface area contributed by atoms with Gasteiger partial charge in [0.2, 0.25) is 5.91 Å². The number of hydrazone groups is 1. The minimum Gasteiger partial charge on any atom is -0.497 e. The zero-order valence-electron chi connectivity index (χ0n) is 13.9. The van der Waals surface area contributed by atoms with E-state index < -0.39 is 0 Å². The number of halogens is 1. The molecule has 0 atom stereocenters. The molecule has 2 aromatic rings. The van der Waals surface area contributed by atoms with Gasteiger partial charge in [0.25, 0.3) is 0 Å². The van der Waals surface area contributed by atoms with E-state index in [1.54, 1.807) is 37.6 Å². The minimum absolute atomic E-state index is 0.00815. The van der Waals surface area contributed by atoms with Crippen LogP contribution in [0.1, 0.15) is 35.2 Å². The third-order valence-corrected chi connectivity index (χ3v) is 3.74. The number of Topliss-reactive ketones (excluding diaryl/α,β-unsaturated/α-hetero) is 1. The number of carbonyl (C=O) groups excluding carboxylic acids is 2. The molecule has 0 radical (unpaired) electrons. The Hall–Kier alpha value is -2.66. The van der Waals surface area contributed by atoms with Crippen LogP contribution in [-0.2, 0) is 4.79 Å². The molecule has 0 heterocycles. The van der Waals surface area contributed by atoms with Crippen LogP contribution in [0.5, 0.6) is 5.75 Å². The number of hydrogen-bond donors (Lipinski definition) is 1. The van der Waals surface area contributed by atoms with Crippen LogP contribution < -0.4 is 10.2 Å². The van der Waals surface area contributed by atoms with Crippen LogP contribution in [-0.4, -0.2) is 25.0 Å². The number of amides is 1. The summed E-state index contributed by atoms with van der Waals surface area (Å²) in [6.07, 6.45) is 2.55. The summed E-state index contributed by atoms with van der Waals surface area (Å²) in [4.78, 5) is 23.7. The fourth-order valence-corrected chi connectivity index (χ4v) is 2.24. The summed E-state index contributed by atoms with van der Waals surface area (Å²) in [5, 5.41) is 4.49. The predicted octanol–water partition coefficient (Wildman–Crippen LogP) is 3.85. The summed E-state index contributed by atoms with van der Waals surface area (Å²) >= 11 is 5.79. The molecule has 0 unspecified atom stereocenters. The SMILES string of the molecule is COc1ccc(C=NNC(=O)CCCC(=O)c2ccc(Cl)cc2)cc1. The van der Waals surface area contributed by atoms with E-state index in [9.17, 15) is 9.59 Å². The van der Waals surface area contributed by atoms with Crippen molar-refractivity contribution < 1.29 is 14.3 Å². The van der Waals surface area contributed by atoms with Gasteiger partial charge in [-0.25, -0.2) is 5.43 Å². The van der Waals surface area contributed by atoms with Gasteiger partial charge in [-0.2, -0.15) is 5.10 Å². The maximum absolute atomic E-state index is 12.0. The van der Waals surface area contributed by atoms with Gasteiger partial charge in [0.1, 0.15) is 5.75 Å². The summed E-state index contributed by atoms with van der Waals surface area (Å²) in [7, 11) is 1.60. The highest BCUT2D eigenvalue weighted by molar-refractivity contribution is 6.30. The van der Waals surface area contributed by atoms with Gasteiger partial charge >= 0.3 is 0 Å². The van der Waals surface area contributed by atoms with E-state index in [-0.39, 0.29) is 18.1 Å². The average Bonchev–Trinajstić information content (AvgIpc) is 2.63. The molecule has 0 fully saturated rings. The first-order chi connectivity index (χ1) is 12.1. The quantitative estimate of drug-likeness (QED) is 0.442. The van der Waals surface area contributed by atoms with Gasteiger partial charge < -0.3 is 4.74 Å². The second-order valence-corrected chi connectivity index (χ2v) is 5.79. The number of hydrogen-bond acceptors (Lipinski definition) is 4. The van der Waals surface area contributed by atoms with Crippen LogP contribution in [0.15, 0.2) is 53.6 Å². The maximum Gasteiger partial charge on any atom is 0.240 e. The summed E-state index contributed by atoms with van der Waals surface area (Å²) in [5.41, 5.74) is 3.90. The molecule has 5 nitrogen and oxygen atoms in total. The lowest BCUT2D eigenvalue weighted by Crippen LogP contribution is -2.17. The molecule has 0 saturated heterocycles. The highest BCUT2D eigenvalue weighted by atomic mass is 35.5. The van der Waals surface area contributed by atoms with Gasteiger partial charge in [-0.1, -0.05) is 11.6 Å². The van der Waals surface area contributed by atoms with Gasteiger partial charge in [-0.15, -0.1) is 0 Å². The van der Waals surface area contributed by atoms with Gasteiger partial charge in [0.15, 0.2) is 5.78 Å². The highest BCUT2D eigenvalue weighted by Gasteiger charge is 2.07. The molecule has 2 aromatic carbocycles. The Balaban J connectivity index is 1.70. The smallest absolute Gasteiger partial charge is 0.240 e. The van der Waals surface area contributed by atoms with Crippen LogP contribution in [0.4, 0.5) is 0 Å². The Kier molecular flexibility index (Phi) is 7.16. The maximum atomic E-state index is 12.0. The second-order valence-electron chi connectivity index (χ2n) is 5.35. The van der Waals surface area contributed by atoms with E-state index in [1.807, 2.05) is 24.3 Å². The number of ether oxygens (including phenoxy) is 1. The number of nitrogens with one attached hydrogen (secondary N) is 1. The monoisotopic (exact) mass is 358 g/mol. The van der Waals surface area contributed by atoms with Crippen molar-refractivity contribution >= 4 is 29.5 Å². The second kappa shape index (κ2) is 9.59. The molecule has 0 aromatic heterocycles. The summed E-state index contributed by atoms with van der Waals surface area (Å²) in [5.74, 6) is 0.520. The van der Waals surface area contributed by atoms with Crippen molar-refractivity contribution in [3.8, 4) is 5.75 Å². The molecule has 0 saturated carbocycles. The zero-order chi connectivity index (χ0) is 18.1. The van der Waals surface area contributed by atoms with Crippen LogP contribution in [0, 0.1) is 0 Å². The van der Waals surface area contributed by atoms with Gasteiger partial charge in [-0.05, 0) is 60.5 Å². The lowest BCUT2D eigenvalue weighted by Gasteiger charge is -2.02. The topological polar surface area (TPSA) is 67.8 Å². The first-order valence-electron chi connectivity index (χ1n) is 7.83. The first kappa shape index (κ1) is 18.7. The van der Waals surface area contributed by atoms with E-state index in [4.69, 9.17) is 16.3 Å². The largest absolute Gasteiger partial charge is 0.497 e. The number of nitrogens with zero attached hydrogens (tertiary/aromatic N) is 1. The van der Waals surface area contributed by atoms with Gasteiger partial charge in [-0.3, -0.25) is 9.59 Å². The normalized spacial score (nSPS) is 10.6. The molecule has 0 spiro atoms. The summed E-state index contributed by atoms with van der Waals surface area (Å²) in [6.45, 7) is 0. The standard InChI is InChI=1S/C19H19ClN2O3/c1-25-17-11-5-14(6-12-17)13-21-22-19(24)4-2-3-18(23)15-7-9-16(20)10-8-15/h5-13H,2-4H2,1H3,(H,22,24). The molecule has 0 bridgehead atoms. The molecule has 0 aliphatic heterocycles. The van der Waals surface area contributed by atoms with E-state index >= 15 is 0 Å². The Morgan fingerprint density at radius 3 is 2.40 bits per heavy atom. The minimum atomic E-state index is -0.228. The molecule has 2 rings (SSSR count). The summed E-state index contributed by atoms with van der Waals surface area (Å²) < 4.78 is 5.06. The van der Waals surface area contributed by atoms with Gasteiger partial charge in [0, 0.05) is 23.4 Å². The van der Waals surface area contributed by atoms with Crippen LogP contribution in [0.3, 0.4) is 0 Å². The van der Waals surface area contributed by atoms with Gasteiger partial charge in [0.05, 0.1) is 13.3 Å². The lowest BCUT2D eigenvalue weighted by atomic mass is 10.1. The Morgan fingerprint density at radius 2 is 1.76 bits per heavy atom. The molecule has 0 aliphatic rings. The van der Waals surface area contributed by atoms with Crippen molar-refractivity contribution in [2.45, 2.75) is 19.3 Å². The number of ketones is 1. The van der Waals surface area contributed by atoms with Crippen molar-refractivity contribution in [3.63, 3.8) is 0 Å². The lowest BCUT2D eigenvalue weighted by molar-refractivity contribution is -0.121.